The normalized spacial score (nSPS) is 14.1. The molecule has 0 unspecified atom stereocenters. The highest BCUT2D eigenvalue weighted by molar-refractivity contribution is 6.31. The smallest absolute Gasteiger partial charge is 0.119 e. The Hall–Kier alpha value is -7.32. The number of ether oxygens (including phenoxy) is 4. The largest absolute Gasteiger partial charge is 0.494 e. The quantitative estimate of drug-likeness (QED) is 0.0375. The molecule has 2 aromatic heterocycles. The number of H-pyrrole nitrogens is 2. The van der Waals surface area contributed by atoms with E-state index in [1.165, 1.54) is 128 Å². The van der Waals surface area contributed by atoms with Crippen molar-refractivity contribution in [3.63, 3.8) is 0 Å². The zero-order chi connectivity index (χ0) is 59.1. The minimum absolute atomic E-state index is 0.656. The third kappa shape index (κ3) is 19.9. The number of aromatic amines is 2. The first kappa shape index (κ1) is 63.7. The van der Waals surface area contributed by atoms with Gasteiger partial charge in [-0.15, -0.1) is 0 Å². The van der Waals surface area contributed by atoms with Crippen LogP contribution in [0.3, 0.4) is 0 Å². The van der Waals surface area contributed by atoms with Gasteiger partial charge in [-0.25, -0.2) is 4.99 Å². The molecule has 0 spiro atoms. The molecule has 4 aromatic carbocycles. The molecule has 0 saturated heterocycles. The minimum atomic E-state index is 0.656. The maximum absolute atomic E-state index is 6.33. The average molecular weight is 1140 g/mol. The molecule has 0 aliphatic carbocycles. The van der Waals surface area contributed by atoms with E-state index in [9.17, 15) is 0 Å². The van der Waals surface area contributed by atoms with Gasteiger partial charge in [-0.2, -0.15) is 0 Å². The maximum atomic E-state index is 6.33. The first-order chi connectivity index (χ1) is 42.0. The van der Waals surface area contributed by atoms with Crippen LogP contribution < -0.4 is 29.6 Å². The van der Waals surface area contributed by atoms with E-state index in [1.54, 1.807) is 0 Å². The average Bonchev–Trinajstić information content (AvgIpc) is 3.97. The van der Waals surface area contributed by atoms with Gasteiger partial charge in [0, 0.05) is 38.8 Å². The standard InChI is InChI=1S/C77H98N4O4/c1-6-10-14-18-22-26-55-82-64-40-32-60(33-41-64)59(5)68-48-49-71(79-68)76(62-36-44-66(45-37-62)84-57-28-24-20-16-12-8-3)72-52-53-74(81-72)77(63-38-46-67(47-39-63)85-58-29-25-21-17-13-9-4)73-51-50-70(80-73)75(69-31-30-54-78-69)61-34-42-65(43-35-61)83-56-27-23-19-15-11-7-2/h30-53,79-80H,5-29,54-58H2,1-4H3/b75-70-,76-72-,77-73-. The van der Waals surface area contributed by atoms with Gasteiger partial charge in [0.25, 0.3) is 0 Å². The first-order valence-electron chi connectivity index (χ1n) is 32.9. The molecule has 0 atom stereocenters. The summed E-state index contributed by atoms with van der Waals surface area (Å²) in [6.45, 7) is 17.2. The van der Waals surface area contributed by atoms with Crippen LogP contribution in [0.1, 0.15) is 215 Å². The number of allylic oxidation sites excluding steroid dienone is 3. The van der Waals surface area contributed by atoms with E-state index in [2.05, 4.69) is 190 Å². The molecule has 0 fully saturated rings. The van der Waals surface area contributed by atoms with Gasteiger partial charge in [-0.3, -0.25) is 4.99 Å². The topological polar surface area (TPSA) is 93.2 Å². The second kappa shape index (κ2) is 35.9. The molecule has 2 aliphatic rings. The van der Waals surface area contributed by atoms with Crippen molar-refractivity contribution in [1.82, 2.24) is 9.97 Å². The number of aliphatic imine (C=N–C) groups is 2. The molecule has 450 valence electrons. The predicted molar refractivity (Wildman–Crippen MR) is 359 cm³/mol. The Kier molecular flexibility index (Phi) is 26.9. The minimum Gasteiger partial charge on any atom is -0.494 e. The van der Waals surface area contributed by atoms with E-state index in [4.69, 9.17) is 28.9 Å². The van der Waals surface area contributed by atoms with Crippen LogP contribution in [-0.2, 0) is 0 Å². The lowest BCUT2D eigenvalue weighted by Gasteiger charge is -2.12. The summed E-state index contributed by atoms with van der Waals surface area (Å²) >= 11 is 0. The fraction of sp³-hybridized carbons (Fsp3) is 0.429. The molecule has 0 saturated carbocycles. The van der Waals surface area contributed by atoms with Crippen LogP contribution in [0, 0.1) is 0 Å². The van der Waals surface area contributed by atoms with Crippen molar-refractivity contribution in [2.45, 2.75) is 182 Å². The van der Waals surface area contributed by atoms with Crippen LogP contribution in [0.5, 0.6) is 23.0 Å². The fourth-order valence-electron chi connectivity index (χ4n) is 11.2. The molecule has 85 heavy (non-hydrogen) atoms. The van der Waals surface area contributed by atoms with Crippen molar-refractivity contribution < 1.29 is 18.9 Å². The summed E-state index contributed by atoms with van der Waals surface area (Å²) in [7, 11) is 0. The van der Waals surface area contributed by atoms with E-state index in [0.717, 1.165) is 146 Å². The Bertz CT molecular complexity index is 3240. The molecule has 8 nitrogen and oxygen atoms in total. The van der Waals surface area contributed by atoms with Gasteiger partial charge in [0.05, 0.1) is 50.1 Å². The lowest BCUT2D eigenvalue weighted by Crippen LogP contribution is -2.21. The van der Waals surface area contributed by atoms with E-state index < -0.39 is 0 Å². The molecular weight excluding hydrogens is 1040 g/mol. The van der Waals surface area contributed by atoms with Gasteiger partial charge in [0.2, 0.25) is 0 Å². The second-order valence-electron chi connectivity index (χ2n) is 23.1. The zero-order valence-electron chi connectivity index (χ0n) is 52.1. The van der Waals surface area contributed by atoms with E-state index in [0.29, 0.717) is 19.8 Å². The number of hydrogen-bond donors (Lipinski definition) is 2. The highest BCUT2D eigenvalue weighted by Gasteiger charge is 2.21. The molecule has 4 heterocycles. The van der Waals surface area contributed by atoms with E-state index >= 15 is 0 Å². The number of nitrogens with zero attached hydrogens (tertiary/aromatic N) is 2. The summed E-state index contributed by atoms with van der Waals surface area (Å²) in [6, 6.07) is 42.6. The highest BCUT2D eigenvalue weighted by Crippen LogP contribution is 2.35. The van der Waals surface area contributed by atoms with Crippen molar-refractivity contribution >= 4 is 33.7 Å². The van der Waals surface area contributed by atoms with Crippen molar-refractivity contribution in [2.24, 2.45) is 9.98 Å². The van der Waals surface area contributed by atoms with Gasteiger partial charge in [-0.05, 0) is 145 Å². The number of aromatic nitrogens is 2. The number of hydrogen-bond acceptors (Lipinski definition) is 6. The van der Waals surface area contributed by atoms with Crippen molar-refractivity contribution in [3.8, 4) is 23.0 Å². The monoisotopic (exact) mass is 1140 g/mol. The maximum Gasteiger partial charge on any atom is 0.119 e. The van der Waals surface area contributed by atoms with Crippen LogP contribution >= 0.6 is 0 Å². The van der Waals surface area contributed by atoms with Gasteiger partial charge >= 0.3 is 0 Å². The van der Waals surface area contributed by atoms with Crippen LogP contribution in [-0.4, -0.2) is 54.4 Å². The summed E-state index contributed by atoms with van der Waals surface area (Å²) in [6.07, 6.45) is 38.1. The van der Waals surface area contributed by atoms with E-state index in [-0.39, 0.29) is 0 Å². The molecule has 6 aromatic rings. The number of nitrogens with one attached hydrogen (secondary N) is 2. The molecule has 0 amide bonds. The number of rotatable bonds is 40. The third-order valence-corrected chi connectivity index (χ3v) is 16.3. The number of unbranched alkanes of at least 4 members (excludes halogenated alkanes) is 20. The molecule has 0 radical (unpaired) electrons. The van der Waals surface area contributed by atoms with Crippen LogP contribution in [0.4, 0.5) is 0 Å². The molecule has 8 rings (SSSR count). The molecular formula is C77H98N4O4. The van der Waals surface area contributed by atoms with Gasteiger partial charge in [-0.1, -0.05) is 217 Å². The molecule has 0 bridgehead atoms. The number of benzene rings is 4. The van der Waals surface area contributed by atoms with Crippen LogP contribution in [0.15, 0.2) is 168 Å². The van der Waals surface area contributed by atoms with Crippen molar-refractivity contribution in [3.05, 3.63) is 202 Å². The Morgan fingerprint density at radius 3 is 1.13 bits per heavy atom. The summed E-state index contributed by atoms with van der Waals surface area (Å²) in [5, 5.41) is 1.93. The highest BCUT2D eigenvalue weighted by atomic mass is 16.5. The first-order valence-corrected chi connectivity index (χ1v) is 32.9. The molecule has 2 N–H and O–H groups in total. The van der Waals surface area contributed by atoms with E-state index in [1.807, 2.05) is 0 Å². The van der Waals surface area contributed by atoms with Crippen molar-refractivity contribution in [2.75, 3.05) is 33.0 Å². The summed E-state index contributed by atoms with van der Waals surface area (Å²) in [5.74, 6) is 3.51. The lowest BCUT2D eigenvalue weighted by atomic mass is 10.0. The van der Waals surface area contributed by atoms with Gasteiger partial charge < -0.3 is 28.9 Å². The van der Waals surface area contributed by atoms with Gasteiger partial charge in [0.15, 0.2) is 0 Å². The van der Waals surface area contributed by atoms with Crippen LogP contribution in [0.2, 0.25) is 0 Å². The molecule has 8 heteroatoms. The Balaban J connectivity index is 1.13. The zero-order valence-corrected chi connectivity index (χ0v) is 52.1. The third-order valence-electron chi connectivity index (χ3n) is 16.3. The summed E-state index contributed by atoms with van der Waals surface area (Å²) in [5.41, 5.74) is 12.6. The Morgan fingerprint density at radius 2 is 0.729 bits per heavy atom. The van der Waals surface area contributed by atoms with Crippen molar-refractivity contribution in [1.29, 1.82) is 0 Å². The SMILES string of the molecule is C=C(c1ccc(OCCCCCCCC)cc1)c1ccc(/C(=C2/C=CC(C(/c3ccc(OCCCCCCCC)cc3)=c3/cc/c(=C(/C4=NCC=C4)c4ccc(OCCCCCCCC)cc4)[nH]3)=N2)c2ccc(OCCCCCCCC)cc2)[nH]1. The predicted octanol–water partition coefficient (Wildman–Crippen LogP) is 19.2. The van der Waals surface area contributed by atoms with Crippen LogP contribution in [0.25, 0.3) is 22.3 Å². The summed E-state index contributed by atoms with van der Waals surface area (Å²) in [4.78, 5) is 18.3. The lowest BCUT2D eigenvalue weighted by molar-refractivity contribution is 0.304. The Labute approximate surface area is 510 Å². The second-order valence-corrected chi connectivity index (χ2v) is 23.1. The summed E-state index contributed by atoms with van der Waals surface area (Å²) < 4.78 is 25.0. The Morgan fingerprint density at radius 1 is 0.365 bits per heavy atom. The van der Waals surface area contributed by atoms with Gasteiger partial charge in [0.1, 0.15) is 23.0 Å². The molecule has 2 aliphatic heterocycles. The fourth-order valence-corrected chi connectivity index (χ4v) is 11.2.